The van der Waals surface area contributed by atoms with Crippen LogP contribution < -0.4 is 10.1 Å². The van der Waals surface area contributed by atoms with Gasteiger partial charge in [-0.15, -0.1) is 0 Å². The Kier molecular flexibility index (Phi) is 4.85. The normalized spacial score (nSPS) is 16.3. The summed E-state index contributed by atoms with van der Waals surface area (Å²) < 4.78 is 5.84. The second-order valence-corrected chi connectivity index (χ2v) is 8.88. The molecule has 1 heterocycles. The Morgan fingerprint density at radius 2 is 1.67 bits per heavy atom. The smallest absolute Gasteiger partial charge is 0.231 e. The van der Waals surface area contributed by atoms with E-state index in [9.17, 15) is 14.4 Å². The first-order valence-corrected chi connectivity index (χ1v) is 10.1. The van der Waals surface area contributed by atoms with Gasteiger partial charge in [0.2, 0.25) is 5.91 Å². The minimum atomic E-state index is -0.295. The van der Waals surface area contributed by atoms with E-state index in [-0.39, 0.29) is 29.3 Å². The van der Waals surface area contributed by atoms with E-state index in [2.05, 4.69) is 26.1 Å². The lowest BCUT2D eigenvalue weighted by Crippen LogP contribution is -2.27. The Morgan fingerprint density at radius 3 is 2.33 bits per heavy atom. The van der Waals surface area contributed by atoms with Gasteiger partial charge in [0, 0.05) is 34.9 Å². The summed E-state index contributed by atoms with van der Waals surface area (Å²) in [6, 6.07) is 9.78. The number of rotatable bonds is 3. The molecule has 5 heteroatoms. The summed E-state index contributed by atoms with van der Waals surface area (Å²) in [7, 11) is 1.65. The van der Waals surface area contributed by atoms with Gasteiger partial charge in [-0.1, -0.05) is 39.0 Å². The van der Waals surface area contributed by atoms with Crippen LogP contribution in [0.1, 0.15) is 60.7 Å². The fourth-order valence-corrected chi connectivity index (χ4v) is 4.17. The van der Waals surface area contributed by atoms with Gasteiger partial charge < -0.3 is 10.1 Å². The molecule has 2 aromatic rings. The highest BCUT2D eigenvalue weighted by atomic mass is 16.5. The molecule has 0 unspecified atom stereocenters. The SMILES string of the molecule is COc1c(-c2ccc3c(c2)CCC3=O)cc(C2=CNC(=O)CC2=O)cc1C(C)(C)C. The summed E-state index contributed by atoms with van der Waals surface area (Å²) in [4.78, 5) is 36.2. The molecule has 1 aliphatic carbocycles. The lowest BCUT2D eigenvalue weighted by atomic mass is 9.81. The molecule has 0 aromatic heterocycles. The highest BCUT2D eigenvalue weighted by Gasteiger charge is 2.28. The largest absolute Gasteiger partial charge is 0.496 e. The zero-order chi connectivity index (χ0) is 21.6. The maximum atomic E-state index is 12.6. The first-order valence-electron chi connectivity index (χ1n) is 10.1. The lowest BCUT2D eigenvalue weighted by Gasteiger charge is -2.26. The number of amides is 1. The molecule has 1 N–H and O–H groups in total. The second-order valence-electron chi connectivity index (χ2n) is 8.88. The molecular formula is C25H25NO4. The highest BCUT2D eigenvalue weighted by Crippen LogP contribution is 2.42. The third kappa shape index (κ3) is 3.45. The Hall–Kier alpha value is -3.21. The standard InChI is InChI=1S/C25H25NO4/c1-25(2,3)20-11-16(19-13-26-23(29)12-22(19)28)10-18(24(20)30-4)15-5-7-17-14(9-15)6-8-21(17)27/h5,7,9-11,13H,6,8,12H2,1-4H3,(H,26,29). The minimum absolute atomic E-state index is 0.154. The second kappa shape index (κ2) is 7.24. The predicted octanol–water partition coefficient (Wildman–Crippen LogP) is 4.22. The van der Waals surface area contributed by atoms with E-state index in [0.29, 0.717) is 12.0 Å². The number of carbonyl (C=O) groups is 3. The van der Waals surface area contributed by atoms with Crippen LogP contribution in [0.2, 0.25) is 0 Å². The van der Waals surface area contributed by atoms with Crippen LogP contribution in [0.25, 0.3) is 16.7 Å². The molecule has 30 heavy (non-hydrogen) atoms. The van der Waals surface area contributed by atoms with Crippen LogP contribution in [0.15, 0.2) is 36.5 Å². The molecule has 1 amide bonds. The van der Waals surface area contributed by atoms with Crippen molar-refractivity contribution in [2.75, 3.05) is 7.11 Å². The van der Waals surface area contributed by atoms with Crippen LogP contribution in [0.3, 0.4) is 0 Å². The van der Waals surface area contributed by atoms with Crippen LogP contribution in [0.4, 0.5) is 0 Å². The Balaban J connectivity index is 1.94. The van der Waals surface area contributed by atoms with Crippen molar-refractivity contribution in [2.24, 2.45) is 0 Å². The van der Waals surface area contributed by atoms with Crippen molar-refractivity contribution in [3.8, 4) is 16.9 Å². The van der Waals surface area contributed by atoms with Crippen molar-refractivity contribution in [3.05, 3.63) is 58.8 Å². The molecule has 0 saturated heterocycles. The van der Waals surface area contributed by atoms with E-state index in [4.69, 9.17) is 4.74 Å². The van der Waals surface area contributed by atoms with Gasteiger partial charge in [0.1, 0.15) is 5.75 Å². The monoisotopic (exact) mass is 403 g/mol. The van der Waals surface area contributed by atoms with Gasteiger partial charge in [-0.3, -0.25) is 14.4 Å². The van der Waals surface area contributed by atoms with Crippen molar-refractivity contribution in [2.45, 2.75) is 45.4 Å². The number of Topliss-reactive ketones (excluding diaryl/α,β-unsaturated/α-hetero) is 2. The van der Waals surface area contributed by atoms with E-state index in [1.54, 1.807) is 7.11 Å². The van der Waals surface area contributed by atoms with Crippen molar-refractivity contribution >= 4 is 23.0 Å². The number of hydrogen-bond acceptors (Lipinski definition) is 4. The number of methoxy groups -OCH3 is 1. The maximum Gasteiger partial charge on any atom is 0.231 e. The van der Waals surface area contributed by atoms with Crippen LogP contribution in [0.5, 0.6) is 5.75 Å². The predicted molar refractivity (Wildman–Crippen MR) is 116 cm³/mol. The van der Waals surface area contributed by atoms with E-state index < -0.39 is 0 Å². The first-order chi connectivity index (χ1) is 14.2. The van der Waals surface area contributed by atoms with Gasteiger partial charge in [0.25, 0.3) is 0 Å². The summed E-state index contributed by atoms with van der Waals surface area (Å²) in [6.07, 6.45) is 2.63. The number of benzene rings is 2. The summed E-state index contributed by atoms with van der Waals surface area (Å²) in [5, 5.41) is 2.66. The third-order valence-electron chi connectivity index (χ3n) is 5.75. The molecule has 0 atom stereocenters. The Morgan fingerprint density at radius 1 is 0.900 bits per heavy atom. The Bertz CT molecular complexity index is 1120. The third-order valence-corrected chi connectivity index (χ3v) is 5.75. The quantitative estimate of drug-likeness (QED) is 0.779. The van der Waals surface area contributed by atoms with E-state index in [1.165, 1.54) is 6.20 Å². The molecule has 0 radical (unpaired) electrons. The number of ketones is 2. The fourth-order valence-electron chi connectivity index (χ4n) is 4.17. The lowest BCUT2D eigenvalue weighted by molar-refractivity contribution is -0.125. The summed E-state index contributed by atoms with van der Waals surface area (Å²) in [5.41, 5.74) is 5.62. The van der Waals surface area contributed by atoms with Gasteiger partial charge >= 0.3 is 0 Å². The zero-order valence-electron chi connectivity index (χ0n) is 17.7. The van der Waals surface area contributed by atoms with E-state index >= 15 is 0 Å². The molecular weight excluding hydrogens is 378 g/mol. The number of nitrogens with one attached hydrogen (secondary N) is 1. The van der Waals surface area contributed by atoms with Crippen molar-refractivity contribution in [3.63, 3.8) is 0 Å². The van der Waals surface area contributed by atoms with Crippen molar-refractivity contribution in [1.29, 1.82) is 0 Å². The van der Waals surface area contributed by atoms with Crippen LogP contribution in [-0.2, 0) is 21.4 Å². The number of hydrogen-bond donors (Lipinski definition) is 1. The summed E-state index contributed by atoms with van der Waals surface area (Å²) in [6.45, 7) is 6.29. The number of aryl methyl sites for hydroxylation is 1. The number of carbonyl (C=O) groups excluding carboxylic acids is 3. The molecule has 1 aliphatic heterocycles. The van der Waals surface area contributed by atoms with Gasteiger partial charge in [-0.25, -0.2) is 0 Å². The number of ether oxygens (including phenoxy) is 1. The molecule has 4 rings (SSSR count). The first kappa shape index (κ1) is 20.1. The summed E-state index contributed by atoms with van der Waals surface area (Å²) >= 11 is 0. The van der Waals surface area contributed by atoms with Gasteiger partial charge in [-0.2, -0.15) is 0 Å². The van der Waals surface area contributed by atoms with Gasteiger partial charge in [-0.05, 0) is 40.7 Å². The van der Waals surface area contributed by atoms with Gasteiger partial charge in [0.15, 0.2) is 11.6 Å². The summed E-state index contributed by atoms with van der Waals surface area (Å²) in [5.74, 6) is 0.441. The zero-order valence-corrected chi connectivity index (χ0v) is 17.7. The fraction of sp³-hybridized carbons (Fsp3) is 0.320. The molecule has 0 fully saturated rings. The number of allylic oxidation sites excluding steroid dienone is 1. The van der Waals surface area contributed by atoms with Crippen molar-refractivity contribution < 1.29 is 19.1 Å². The Labute approximate surface area is 176 Å². The molecule has 0 bridgehead atoms. The van der Waals surface area contributed by atoms with E-state index in [0.717, 1.165) is 45.6 Å². The highest BCUT2D eigenvalue weighted by molar-refractivity contribution is 6.27. The molecule has 154 valence electrons. The topological polar surface area (TPSA) is 72.5 Å². The van der Waals surface area contributed by atoms with Gasteiger partial charge in [0.05, 0.1) is 13.5 Å². The average molecular weight is 403 g/mol. The van der Waals surface area contributed by atoms with Crippen molar-refractivity contribution in [1.82, 2.24) is 5.32 Å². The van der Waals surface area contributed by atoms with Crippen LogP contribution >= 0.6 is 0 Å². The minimum Gasteiger partial charge on any atom is -0.496 e. The molecule has 0 saturated carbocycles. The van der Waals surface area contributed by atoms with Crippen LogP contribution in [0, 0.1) is 0 Å². The molecule has 2 aliphatic rings. The van der Waals surface area contributed by atoms with E-state index in [1.807, 2.05) is 30.3 Å². The number of fused-ring (bicyclic) bond motifs is 1. The molecule has 0 spiro atoms. The van der Waals surface area contributed by atoms with Crippen LogP contribution in [-0.4, -0.2) is 24.6 Å². The average Bonchev–Trinajstić information content (AvgIpc) is 3.06. The maximum absolute atomic E-state index is 12.6. The molecule has 2 aromatic carbocycles. The molecule has 5 nitrogen and oxygen atoms in total.